The number of ether oxygens (including phenoxy) is 1. The third-order valence-electron chi connectivity index (χ3n) is 13.6. The largest absolute Gasteiger partial charge is 0.444 e. The number of rotatable bonds is 8. The van der Waals surface area contributed by atoms with E-state index in [9.17, 15) is 14.4 Å². The molecular weight excluding hydrogens is 995 g/mol. The second-order valence-corrected chi connectivity index (χ2v) is 20.7. The Kier molecular flexibility index (Phi) is 17.3. The van der Waals surface area contributed by atoms with Crippen LogP contribution in [0.2, 0.25) is 10.0 Å². The number of benzene rings is 2. The number of pyridine rings is 2. The first-order chi connectivity index (χ1) is 36.0. The van der Waals surface area contributed by atoms with Gasteiger partial charge in [0.2, 0.25) is 11.8 Å². The Labute approximate surface area is 450 Å². The van der Waals surface area contributed by atoms with Gasteiger partial charge in [-0.25, -0.2) is 14.8 Å². The molecule has 3 N–H and O–H groups in total. The number of amides is 3. The molecule has 6 heterocycles. The van der Waals surface area contributed by atoms with Crippen molar-refractivity contribution in [3.63, 3.8) is 0 Å². The zero-order chi connectivity index (χ0) is 53.6. The molecule has 2 unspecified atom stereocenters. The van der Waals surface area contributed by atoms with E-state index in [1.807, 2.05) is 105 Å². The lowest BCUT2D eigenvalue weighted by atomic mass is 9.89. The van der Waals surface area contributed by atoms with Crippen LogP contribution in [0.4, 0.5) is 9.51 Å². The Morgan fingerprint density at radius 2 is 1.15 bits per heavy atom. The van der Waals surface area contributed by atoms with Crippen molar-refractivity contribution in [2.24, 2.45) is 14.1 Å². The van der Waals surface area contributed by atoms with E-state index in [1.165, 1.54) is 6.92 Å². The van der Waals surface area contributed by atoms with E-state index in [-0.39, 0.29) is 43.5 Å². The van der Waals surface area contributed by atoms with E-state index in [1.54, 1.807) is 36.9 Å². The molecule has 2 aromatic carbocycles. The molecule has 3 amide bonds. The van der Waals surface area contributed by atoms with Crippen LogP contribution in [0.5, 0.6) is 0 Å². The summed E-state index contributed by atoms with van der Waals surface area (Å²) in [5.74, 6) is -0.263. The van der Waals surface area contributed by atoms with E-state index in [0.29, 0.717) is 36.2 Å². The van der Waals surface area contributed by atoms with Crippen molar-refractivity contribution >= 4 is 64.4 Å². The molecule has 19 heteroatoms. The predicted octanol–water partition coefficient (Wildman–Crippen LogP) is 8.83. The molecule has 396 valence electrons. The van der Waals surface area contributed by atoms with Crippen LogP contribution >= 0.6 is 23.2 Å². The number of nitrogens with zero attached hydrogens (tertiary/aromatic N) is 9. The predicted molar refractivity (Wildman–Crippen MR) is 293 cm³/mol. The lowest BCUT2D eigenvalue weighted by Gasteiger charge is -2.40. The first-order valence-corrected chi connectivity index (χ1v) is 25.4. The van der Waals surface area contributed by atoms with Crippen LogP contribution in [0.1, 0.15) is 122 Å². The fraction of sp³-hybridized carbons (Fsp3) is 0.375. The summed E-state index contributed by atoms with van der Waals surface area (Å²) in [6, 6.07) is 19.0. The van der Waals surface area contributed by atoms with E-state index in [0.717, 1.165) is 93.5 Å². The Morgan fingerprint density at radius 3 is 1.55 bits per heavy atom. The fourth-order valence-corrected chi connectivity index (χ4v) is 10.7. The van der Waals surface area contributed by atoms with Gasteiger partial charge in [-0.15, -0.1) is 0 Å². The lowest BCUT2D eigenvalue weighted by Crippen LogP contribution is -2.51. The molecule has 6 aromatic rings. The summed E-state index contributed by atoms with van der Waals surface area (Å²) in [5, 5.41) is 11.0. The molecule has 4 aliphatic rings. The Hall–Kier alpha value is -6.76. The summed E-state index contributed by atoms with van der Waals surface area (Å²) < 4.78 is 22.5. The number of hydrogen-bond acceptors (Lipinski definition) is 11. The highest BCUT2D eigenvalue weighted by Gasteiger charge is 2.38. The van der Waals surface area contributed by atoms with Gasteiger partial charge in [-0.2, -0.15) is 0 Å². The number of hydrogen-bond donors (Lipinski definition) is 3. The Bertz CT molecular complexity index is 3090. The first-order valence-electron chi connectivity index (χ1n) is 25.0. The van der Waals surface area contributed by atoms with Crippen LogP contribution in [0.3, 0.4) is 0 Å². The van der Waals surface area contributed by atoms with Crippen molar-refractivity contribution in [2.75, 3.05) is 52.4 Å². The average Bonchev–Trinajstić information content (AvgIpc) is 3.98. The van der Waals surface area contributed by atoms with Gasteiger partial charge < -0.3 is 34.7 Å². The monoisotopic (exact) mass is 1060 g/mol. The van der Waals surface area contributed by atoms with Crippen molar-refractivity contribution in [3.05, 3.63) is 164 Å². The fourth-order valence-electron chi connectivity index (χ4n) is 10.3. The number of piperazine rings is 2. The molecule has 0 saturated carbocycles. The van der Waals surface area contributed by atoms with Crippen molar-refractivity contribution in [3.8, 4) is 0 Å². The molecule has 16 nitrogen and oxygen atoms in total. The van der Waals surface area contributed by atoms with Crippen molar-refractivity contribution in [2.45, 2.75) is 71.8 Å². The van der Waals surface area contributed by atoms with Gasteiger partial charge in [-0.3, -0.25) is 34.1 Å². The maximum Gasteiger partial charge on any atom is 0.410 e. The molecule has 0 bridgehead atoms. The third kappa shape index (κ3) is 12.3. The second-order valence-electron chi connectivity index (χ2n) is 19.8. The number of carbonyl (C=O) groups excluding carboxylic acids is 3. The summed E-state index contributed by atoms with van der Waals surface area (Å²) in [6.45, 7) is 14.8. The van der Waals surface area contributed by atoms with Gasteiger partial charge in [0.1, 0.15) is 5.60 Å². The first kappa shape index (κ1) is 54.5. The molecule has 2 aliphatic carbocycles. The maximum atomic E-state index is 12.7. The smallest absolute Gasteiger partial charge is 0.410 e. The highest BCUT2D eigenvalue weighted by molar-refractivity contribution is 6.31. The van der Waals surface area contributed by atoms with Crippen LogP contribution in [-0.4, -0.2) is 121 Å². The molecule has 2 fully saturated rings. The molecular formula is C56H67Cl2FN12O4. The van der Waals surface area contributed by atoms with Gasteiger partial charge in [-0.1, -0.05) is 54.9 Å². The standard InChI is InChI=1S/C30H35ClN6O3.C25H27ClN6O.CH4.FH/c1-19(38)34-27(25-17-32-18-35(25)5)24-15-20-7-6-10-33-26(20)28(22-9-8-21(31)16-23(22)24)36-11-13-37(14-12-36)29(39)40-30(2,3)4;1-16(33)30-24(22-14-28-15-31(22)2)21-12-17-4-3-7-29-23(17)25(32-10-8-27-9-11-32)19-6-5-18(26)13-20(19)21;;/h6-10,15-18,27-28H,11-14H2,1-5H3,(H,34,38);3-7,12-15,24-25,27H,8-11H2,1-2H3,(H,30,33);1H4;1H/t27?,28-;24?,25-;;/m00../s1/i/hT. The Morgan fingerprint density at radius 1 is 0.707 bits per heavy atom. The second kappa shape index (κ2) is 23.8. The number of fused-ring (bicyclic) bond motifs is 4. The van der Waals surface area contributed by atoms with Crippen LogP contribution in [0, 0.1) is 0 Å². The number of halogens is 3. The average molecular weight is 1060 g/mol. The van der Waals surface area contributed by atoms with Crippen molar-refractivity contribution in [1.29, 1.82) is 1.45 Å². The van der Waals surface area contributed by atoms with Crippen LogP contribution in [0.25, 0.3) is 23.3 Å². The molecule has 0 radical (unpaired) electrons. The molecule has 4 aromatic heterocycles. The van der Waals surface area contributed by atoms with E-state index >= 15 is 0 Å². The zero-order valence-electron chi connectivity index (χ0n) is 43.7. The van der Waals surface area contributed by atoms with Gasteiger partial charge in [0.15, 0.2) is 0 Å². The highest BCUT2D eigenvalue weighted by Crippen LogP contribution is 2.46. The SMILES string of the molecule is C.CC(=O)NC(C1=Cc2cccnc2[C@@H](N2CCN(C(=O)OC(C)(C)C)CC2)c2ccc(Cl)cc21)c1cncn1C.CC(=O)NC(C1=Cc2cccnc2[C@@H](N2CCNCC2)c2ccc(Cl)cc21)c1cncn1C.[3H]F. The van der Waals surface area contributed by atoms with Gasteiger partial charge in [0, 0.05) is 103 Å². The number of aryl methyl sites for hydroxylation is 2. The third-order valence-corrected chi connectivity index (χ3v) is 14.1. The quantitative estimate of drug-likeness (QED) is 0.133. The minimum absolute atomic E-state index is 0. The Balaban J connectivity index is 0.000000215. The maximum absolute atomic E-state index is 12.7. The van der Waals surface area contributed by atoms with Gasteiger partial charge in [-0.05, 0) is 114 Å². The normalized spacial score (nSPS) is 18.2. The number of imidazole rings is 2. The topological polar surface area (TPSA) is 168 Å². The summed E-state index contributed by atoms with van der Waals surface area (Å²) in [5.41, 5.74) is 11.1. The highest BCUT2D eigenvalue weighted by atomic mass is 35.5. The molecule has 10 rings (SSSR count). The van der Waals surface area contributed by atoms with E-state index < -0.39 is 11.6 Å². The molecule has 2 saturated heterocycles. The number of aromatic nitrogens is 6. The lowest BCUT2D eigenvalue weighted by molar-refractivity contribution is -0.120. The molecule has 75 heavy (non-hydrogen) atoms. The summed E-state index contributed by atoms with van der Waals surface area (Å²) in [7, 11) is 3.85. The van der Waals surface area contributed by atoms with Crippen molar-refractivity contribution < 1.29 is 23.8 Å². The molecule has 0 spiro atoms. The zero-order valence-corrected chi connectivity index (χ0v) is 44.2. The van der Waals surface area contributed by atoms with Crippen LogP contribution < -0.4 is 16.0 Å². The van der Waals surface area contributed by atoms with Crippen molar-refractivity contribution in [1.82, 2.24) is 59.7 Å². The van der Waals surface area contributed by atoms with Crippen LogP contribution in [0.15, 0.2) is 98.1 Å². The van der Waals surface area contributed by atoms with E-state index in [2.05, 4.69) is 61.5 Å². The minimum atomic E-state index is -0.545. The summed E-state index contributed by atoms with van der Waals surface area (Å²) in [6.07, 6.45) is 14.7. The van der Waals surface area contributed by atoms with E-state index in [4.69, 9.17) is 42.6 Å². The van der Waals surface area contributed by atoms with Crippen LogP contribution in [-0.2, 0) is 28.4 Å². The number of nitrogens with one attached hydrogen (secondary N) is 3. The number of carbonyl (C=O) groups is 3. The molecule has 4 atom stereocenters. The molecule has 2 aliphatic heterocycles. The summed E-state index contributed by atoms with van der Waals surface area (Å²) >= 11 is 13.1. The van der Waals surface area contributed by atoms with Gasteiger partial charge >= 0.3 is 6.09 Å². The van der Waals surface area contributed by atoms with Gasteiger partial charge in [0.05, 0.1) is 72.0 Å². The summed E-state index contributed by atoms with van der Waals surface area (Å²) in [4.78, 5) is 62.4. The van der Waals surface area contributed by atoms with Gasteiger partial charge in [0.25, 0.3) is 1.45 Å². The minimum Gasteiger partial charge on any atom is -0.444 e.